The first-order chi connectivity index (χ1) is 13.1. The van der Waals surface area contributed by atoms with Crippen molar-refractivity contribution >= 4 is 11.6 Å². The Kier molecular flexibility index (Phi) is 6.05. The van der Waals surface area contributed by atoms with Crippen LogP contribution in [0.3, 0.4) is 0 Å². The van der Waals surface area contributed by atoms with E-state index in [1.54, 1.807) is 0 Å². The van der Waals surface area contributed by atoms with Crippen LogP contribution in [0.1, 0.15) is 18.1 Å². The van der Waals surface area contributed by atoms with E-state index in [9.17, 15) is 4.79 Å². The lowest BCUT2D eigenvalue weighted by Gasteiger charge is -2.22. The summed E-state index contributed by atoms with van der Waals surface area (Å²) in [7, 11) is 2.07. The van der Waals surface area contributed by atoms with E-state index in [4.69, 9.17) is 0 Å². The fraction of sp³-hybridized carbons (Fsp3) is 0.208. The molecule has 0 saturated carbocycles. The normalized spacial score (nSPS) is 13.0. The molecule has 2 N–H and O–H groups in total. The second-order valence-corrected chi connectivity index (χ2v) is 7.07. The standard InChI is InChI=1S/C24H26N2O/c1-18-11-7-8-14-21(18)17-26(3)19(2)24(27)25-23-16-10-9-15-22(23)20-12-5-4-6-13-20/h4-16,19H,17H2,1-3H3,(H,25,27)/p+1/t19-/m0/s1. The van der Waals surface area contributed by atoms with Crippen molar-refractivity contribution in [3.8, 4) is 11.1 Å². The number of carbonyl (C=O) groups is 1. The summed E-state index contributed by atoms with van der Waals surface area (Å²) in [4.78, 5) is 14.0. The maximum absolute atomic E-state index is 12.9. The number of nitrogens with one attached hydrogen (secondary N) is 2. The highest BCUT2D eigenvalue weighted by Gasteiger charge is 2.23. The first-order valence-electron chi connectivity index (χ1n) is 9.38. The molecule has 3 nitrogen and oxygen atoms in total. The molecule has 0 bridgehead atoms. The zero-order chi connectivity index (χ0) is 19.2. The van der Waals surface area contributed by atoms with E-state index in [0.717, 1.165) is 23.4 Å². The fourth-order valence-corrected chi connectivity index (χ4v) is 3.19. The molecule has 3 aromatic rings. The Morgan fingerprint density at radius 2 is 1.56 bits per heavy atom. The Balaban J connectivity index is 1.73. The molecule has 0 saturated heterocycles. The van der Waals surface area contributed by atoms with Crippen LogP contribution in [0.15, 0.2) is 78.9 Å². The van der Waals surface area contributed by atoms with Crippen LogP contribution in [-0.4, -0.2) is 19.0 Å². The molecule has 3 rings (SSSR count). The SMILES string of the molecule is Cc1ccccc1C[NH+](C)[C@@H](C)C(=O)Nc1ccccc1-c1ccccc1. The second-order valence-electron chi connectivity index (χ2n) is 7.07. The zero-order valence-corrected chi connectivity index (χ0v) is 16.2. The number of hydrogen-bond donors (Lipinski definition) is 2. The van der Waals surface area contributed by atoms with Crippen molar-refractivity contribution in [1.29, 1.82) is 0 Å². The van der Waals surface area contributed by atoms with Gasteiger partial charge >= 0.3 is 0 Å². The summed E-state index contributed by atoms with van der Waals surface area (Å²) in [5, 5.41) is 3.13. The van der Waals surface area contributed by atoms with Crippen LogP contribution in [-0.2, 0) is 11.3 Å². The van der Waals surface area contributed by atoms with Crippen LogP contribution in [0.2, 0.25) is 0 Å². The van der Waals surface area contributed by atoms with Gasteiger partial charge in [-0.2, -0.15) is 0 Å². The van der Waals surface area contributed by atoms with Crippen LogP contribution in [0, 0.1) is 6.92 Å². The van der Waals surface area contributed by atoms with E-state index in [1.165, 1.54) is 16.0 Å². The number of quaternary nitrogens is 1. The van der Waals surface area contributed by atoms with Crippen LogP contribution in [0.4, 0.5) is 5.69 Å². The quantitative estimate of drug-likeness (QED) is 0.691. The summed E-state index contributed by atoms with van der Waals surface area (Å²) >= 11 is 0. The molecule has 1 unspecified atom stereocenters. The highest BCUT2D eigenvalue weighted by atomic mass is 16.2. The van der Waals surface area contributed by atoms with Crippen molar-refractivity contribution in [2.75, 3.05) is 12.4 Å². The molecular formula is C24H27N2O+. The van der Waals surface area contributed by atoms with E-state index in [-0.39, 0.29) is 11.9 Å². The van der Waals surface area contributed by atoms with Crippen molar-refractivity contribution in [3.05, 3.63) is 90.0 Å². The lowest BCUT2D eigenvalue weighted by Crippen LogP contribution is -3.12. The van der Waals surface area contributed by atoms with Gasteiger partial charge in [-0.25, -0.2) is 0 Å². The number of hydrogen-bond acceptors (Lipinski definition) is 1. The third-order valence-electron chi connectivity index (χ3n) is 5.13. The monoisotopic (exact) mass is 359 g/mol. The molecule has 0 aromatic heterocycles. The summed E-state index contributed by atoms with van der Waals surface area (Å²) in [6.07, 6.45) is 0. The van der Waals surface area contributed by atoms with Gasteiger partial charge in [-0.05, 0) is 31.0 Å². The fourth-order valence-electron chi connectivity index (χ4n) is 3.19. The predicted octanol–water partition coefficient (Wildman–Crippen LogP) is 3.70. The molecule has 1 amide bonds. The number of benzene rings is 3. The summed E-state index contributed by atoms with van der Waals surface area (Å²) < 4.78 is 0. The first-order valence-corrected chi connectivity index (χ1v) is 9.38. The molecule has 0 fully saturated rings. The first kappa shape index (κ1) is 18.9. The molecule has 2 atom stereocenters. The predicted molar refractivity (Wildman–Crippen MR) is 112 cm³/mol. The third kappa shape index (κ3) is 4.63. The van der Waals surface area contributed by atoms with Crippen LogP contribution in [0.25, 0.3) is 11.1 Å². The van der Waals surface area contributed by atoms with Crippen molar-refractivity contribution < 1.29 is 9.69 Å². The second kappa shape index (κ2) is 8.65. The minimum absolute atomic E-state index is 0.0319. The summed E-state index contributed by atoms with van der Waals surface area (Å²) in [6, 6.07) is 26.3. The Morgan fingerprint density at radius 3 is 2.30 bits per heavy atom. The molecule has 3 aromatic carbocycles. The highest BCUT2D eigenvalue weighted by Crippen LogP contribution is 2.27. The van der Waals surface area contributed by atoms with Crippen molar-refractivity contribution in [2.45, 2.75) is 26.4 Å². The number of carbonyl (C=O) groups excluding carboxylic acids is 1. The number of amides is 1. The van der Waals surface area contributed by atoms with Gasteiger partial charge < -0.3 is 10.2 Å². The van der Waals surface area contributed by atoms with Crippen LogP contribution < -0.4 is 10.2 Å². The Hall–Kier alpha value is -2.91. The molecular weight excluding hydrogens is 332 g/mol. The average molecular weight is 359 g/mol. The maximum atomic E-state index is 12.9. The maximum Gasteiger partial charge on any atom is 0.282 e. The third-order valence-corrected chi connectivity index (χ3v) is 5.13. The molecule has 0 aliphatic heterocycles. The minimum atomic E-state index is -0.159. The molecule has 0 radical (unpaired) electrons. The van der Waals surface area contributed by atoms with E-state index < -0.39 is 0 Å². The minimum Gasteiger partial charge on any atom is -0.324 e. The number of aryl methyl sites for hydroxylation is 1. The largest absolute Gasteiger partial charge is 0.324 e. The van der Waals surface area contributed by atoms with Gasteiger partial charge in [0.25, 0.3) is 5.91 Å². The van der Waals surface area contributed by atoms with Gasteiger partial charge in [0.05, 0.1) is 7.05 Å². The van der Waals surface area contributed by atoms with Gasteiger partial charge in [0.1, 0.15) is 6.54 Å². The van der Waals surface area contributed by atoms with E-state index in [1.807, 2.05) is 55.5 Å². The lowest BCUT2D eigenvalue weighted by molar-refractivity contribution is -0.907. The number of para-hydroxylation sites is 1. The van der Waals surface area contributed by atoms with Gasteiger partial charge in [0, 0.05) is 16.8 Å². The van der Waals surface area contributed by atoms with E-state index >= 15 is 0 Å². The number of likely N-dealkylation sites (N-methyl/N-ethyl adjacent to an activating group) is 1. The zero-order valence-electron chi connectivity index (χ0n) is 16.2. The van der Waals surface area contributed by atoms with Crippen molar-refractivity contribution in [3.63, 3.8) is 0 Å². The summed E-state index contributed by atoms with van der Waals surface area (Å²) in [6.45, 7) is 4.92. The van der Waals surface area contributed by atoms with E-state index in [0.29, 0.717) is 0 Å². The molecule has 0 heterocycles. The van der Waals surface area contributed by atoms with Crippen LogP contribution in [0.5, 0.6) is 0 Å². The Labute approximate surface area is 161 Å². The van der Waals surface area contributed by atoms with Crippen molar-refractivity contribution in [1.82, 2.24) is 0 Å². The number of anilines is 1. The van der Waals surface area contributed by atoms with Gasteiger partial charge in [-0.3, -0.25) is 4.79 Å². The smallest absolute Gasteiger partial charge is 0.282 e. The molecule has 27 heavy (non-hydrogen) atoms. The molecule has 0 aliphatic carbocycles. The topological polar surface area (TPSA) is 33.5 Å². The van der Waals surface area contributed by atoms with Gasteiger partial charge in [0.2, 0.25) is 0 Å². The van der Waals surface area contributed by atoms with Gasteiger partial charge in [-0.15, -0.1) is 0 Å². The molecule has 3 heteroatoms. The van der Waals surface area contributed by atoms with Gasteiger partial charge in [-0.1, -0.05) is 72.8 Å². The lowest BCUT2D eigenvalue weighted by atomic mass is 10.0. The van der Waals surface area contributed by atoms with Crippen molar-refractivity contribution in [2.24, 2.45) is 0 Å². The average Bonchev–Trinajstić information content (AvgIpc) is 2.70. The summed E-state index contributed by atoms with van der Waals surface area (Å²) in [5.74, 6) is 0.0319. The Bertz CT molecular complexity index is 905. The summed E-state index contributed by atoms with van der Waals surface area (Å²) in [5.41, 5.74) is 5.53. The molecule has 138 valence electrons. The van der Waals surface area contributed by atoms with Crippen LogP contribution >= 0.6 is 0 Å². The highest BCUT2D eigenvalue weighted by molar-refractivity contribution is 5.97. The Morgan fingerprint density at radius 1 is 0.926 bits per heavy atom. The number of rotatable bonds is 6. The van der Waals surface area contributed by atoms with E-state index in [2.05, 4.69) is 49.6 Å². The van der Waals surface area contributed by atoms with Gasteiger partial charge in [0.15, 0.2) is 6.04 Å². The molecule has 0 spiro atoms. The molecule has 0 aliphatic rings.